The standard InChI is InChI=1S/C94H122N16O19S/c1-12-13-32-75-92(127)107(8)52-80(115)99-71(48-82(117)118)88(123)105-83(56(4)5)94(129)109(10)76(44-58-25-16-14-17-26-58)89(124)103-72(43-61-35-39-65(112)40-36-61)90(125)106(7)51-79(114)98-70(47-63-49-96-67-31-23-22-30-66(63)67)87(122)102-69(42-60-33-37-64(111)38-34-60)86(121)101-68(41-55(2)3)85(120)104-74(84(119)97-50-78(95)113)53-130-54-81(116)100-73(46-62-29-21-20-24-57(62)6)91(126)110(11)77(93(128)108(75)9)45-59-27-18-15-19-28-59/h14-31,33-40,49,55-56,68-77,81,83,96,100,111-112,116H,12-13,32,41-48,50-54H2,1-11H3,(H2,95,113)(H,97,119)(H,98,114)(H,99,115)(H,101,121)(H,102,122)(H,103,124)(H,104,120)(H,105,123)(H,117,118). The van der Waals surface area contributed by atoms with E-state index in [9.17, 15) is 49.2 Å². The number of nitrogens with zero attached hydrogens (tertiary/aromatic N) is 5. The molecule has 0 saturated carbocycles. The van der Waals surface area contributed by atoms with Crippen LogP contribution in [0.1, 0.15) is 106 Å². The van der Waals surface area contributed by atoms with E-state index >= 15 is 43.2 Å². The zero-order valence-electron chi connectivity index (χ0n) is 75.1. The highest BCUT2D eigenvalue weighted by atomic mass is 32.2. The van der Waals surface area contributed by atoms with Gasteiger partial charge >= 0.3 is 5.97 Å². The number of aliphatic hydroxyl groups excluding tert-OH is 1. The summed E-state index contributed by atoms with van der Waals surface area (Å²) in [4.78, 5) is 230. The summed E-state index contributed by atoms with van der Waals surface area (Å²) in [5.41, 5.74) is 10.0. The number of phenolic OH excluding ortho intramolecular Hbond substituents is 2. The van der Waals surface area contributed by atoms with Crippen LogP contribution >= 0.6 is 11.8 Å². The van der Waals surface area contributed by atoms with Crippen molar-refractivity contribution in [2.24, 2.45) is 17.6 Å². The number of H-pyrrole nitrogens is 1. The molecule has 1 fully saturated rings. The second-order valence-electron chi connectivity index (χ2n) is 33.6. The summed E-state index contributed by atoms with van der Waals surface area (Å²) < 4.78 is 0. The van der Waals surface area contributed by atoms with Crippen molar-refractivity contribution in [3.8, 4) is 11.5 Å². The Morgan fingerprint density at radius 1 is 0.485 bits per heavy atom. The number of hydrogen-bond acceptors (Lipinski definition) is 20. The number of unbranched alkanes of at least 4 members (excludes halogenated alkanes) is 1. The highest BCUT2D eigenvalue weighted by molar-refractivity contribution is 7.99. The Morgan fingerprint density at radius 2 is 0.969 bits per heavy atom. The van der Waals surface area contributed by atoms with Crippen LogP contribution in [0.3, 0.4) is 0 Å². The van der Waals surface area contributed by atoms with Crippen LogP contribution in [0.4, 0.5) is 0 Å². The third-order valence-corrected chi connectivity index (χ3v) is 23.7. The number of para-hydroxylation sites is 1. The third-order valence-electron chi connectivity index (χ3n) is 22.6. The molecule has 6 aromatic carbocycles. The minimum absolute atomic E-state index is 0.0408. The van der Waals surface area contributed by atoms with Gasteiger partial charge in [-0.25, -0.2) is 0 Å². The Bertz CT molecular complexity index is 5080. The monoisotopic (exact) mass is 1810 g/mol. The number of benzene rings is 6. The Morgan fingerprint density at radius 3 is 1.54 bits per heavy atom. The van der Waals surface area contributed by atoms with Crippen LogP contribution in [0.2, 0.25) is 0 Å². The summed E-state index contributed by atoms with van der Waals surface area (Å²) in [6.45, 7) is 8.06. The number of primary amides is 1. The van der Waals surface area contributed by atoms with Crippen molar-refractivity contribution in [2.45, 2.75) is 185 Å². The molecule has 16 N–H and O–H groups in total. The molecule has 698 valence electrons. The number of fused-ring (bicyclic) bond motifs is 1. The van der Waals surface area contributed by atoms with Crippen molar-refractivity contribution < 1.29 is 92.3 Å². The second-order valence-corrected chi connectivity index (χ2v) is 34.7. The lowest BCUT2D eigenvalue weighted by Gasteiger charge is -2.37. The minimum atomic E-state index is -1.90. The molecule has 7 aromatic rings. The van der Waals surface area contributed by atoms with Gasteiger partial charge in [-0.1, -0.05) is 175 Å². The molecule has 8 rings (SSSR count). The third kappa shape index (κ3) is 30.5. The number of aromatic hydroxyl groups is 2. The maximum Gasteiger partial charge on any atom is 0.305 e. The molecule has 1 aliphatic heterocycles. The van der Waals surface area contributed by atoms with Crippen LogP contribution < -0.4 is 53.6 Å². The Hall–Kier alpha value is -13.2. The van der Waals surface area contributed by atoms with Crippen LogP contribution in [-0.4, -0.2) is 278 Å². The number of rotatable bonds is 23. The molecule has 36 heteroatoms. The van der Waals surface area contributed by atoms with Gasteiger partial charge in [0.2, 0.25) is 82.7 Å². The number of hydrogen-bond donors (Lipinski definition) is 15. The van der Waals surface area contributed by atoms with E-state index < -0.39 is 193 Å². The number of aryl methyl sites for hydroxylation is 1. The van der Waals surface area contributed by atoms with Gasteiger partial charge in [-0.3, -0.25) is 77.2 Å². The van der Waals surface area contributed by atoms with Crippen LogP contribution in [0.15, 0.2) is 164 Å². The molecular formula is C94H122N16O19S. The number of aromatic nitrogens is 1. The molecule has 12 unspecified atom stereocenters. The number of carboxylic acid groups (broad SMARTS) is 1. The van der Waals surface area contributed by atoms with E-state index in [-0.39, 0.29) is 80.3 Å². The summed E-state index contributed by atoms with van der Waals surface area (Å²) in [5, 5.41) is 68.1. The quantitative estimate of drug-likeness (QED) is 0.0437. The molecule has 12 atom stereocenters. The van der Waals surface area contributed by atoms with Gasteiger partial charge in [0.25, 0.3) is 0 Å². The fourth-order valence-corrected chi connectivity index (χ4v) is 16.2. The van der Waals surface area contributed by atoms with E-state index in [2.05, 4.69) is 52.8 Å². The molecule has 0 spiro atoms. The first-order valence-electron chi connectivity index (χ1n) is 43.2. The first-order valence-corrected chi connectivity index (χ1v) is 44.4. The summed E-state index contributed by atoms with van der Waals surface area (Å²) in [6.07, 6.45) is -1.34. The van der Waals surface area contributed by atoms with Crippen LogP contribution in [-0.2, 0) is 110 Å². The number of nitrogens with one attached hydrogen (secondary N) is 10. The molecule has 0 bridgehead atoms. The van der Waals surface area contributed by atoms with Gasteiger partial charge in [0.15, 0.2) is 0 Å². The molecule has 1 aliphatic rings. The predicted octanol–water partition coefficient (Wildman–Crippen LogP) is 2.43. The SMILES string of the molecule is CCCCC1C(=O)N(C)CC(=O)NC(CC(=O)O)C(=O)NC(C(C)C)C(=O)N(C)C(Cc2ccccc2)C(=O)NC(Cc2ccc(O)cc2)C(=O)N(C)CC(=O)NC(Cc2c[nH]c3ccccc23)C(=O)NC(Cc2ccc(O)cc2)C(=O)NC(CC(C)C)C(=O)NC(C(=O)NCC(N)=O)CSCC(O)NC(Cc2ccccc2C)C(=O)N(C)C(Cc2ccccc2)C(=O)N1C. The van der Waals surface area contributed by atoms with Gasteiger partial charge in [-0.05, 0) is 107 Å². The van der Waals surface area contributed by atoms with Crippen molar-refractivity contribution in [2.75, 3.05) is 66.4 Å². The van der Waals surface area contributed by atoms with Crippen molar-refractivity contribution >= 4 is 111 Å². The molecule has 0 aliphatic carbocycles. The van der Waals surface area contributed by atoms with E-state index in [0.717, 1.165) is 32.0 Å². The van der Waals surface area contributed by atoms with E-state index in [1.807, 2.05) is 19.9 Å². The molecule has 1 saturated heterocycles. The largest absolute Gasteiger partial charge is 0.508 e. The smallest absolute Gasteiger partial charge is 0.305 e. The van der Waals surface area contributed by atoms with Gasteiger partial charge in [-0.15, -0.1) is 0 Å². The van der Waals surface area contributed by atoms with Crippen LogP contribution in [0.25, 0.3) is 10.9 Å². The molecule has 1 aromatic heterocycles. The lowest BCUT2D eigenvalue weighted by molar-refractivity contribution is -0.151. The first-order chi connectivity index (χ1) is 61.8. The van der Waals surface area contributed by atoms with Crippen LogP contribution in [0, 0.1) is 18.8 Å². The predicted molar refractivity (Wildman–Crippen MR) is 488 cm³/mol. The summed E-state index contributed by atoms with van der Waals surface area (Å²) in [7, 11) is 6.61. The number of nitrogens with two attached hydrogens (primary N) is 1. The molecular weight excluding hydrogens is 1690 g/mol. The highest BCUT2D eigenvalue weighted by Gasteiger charge is 2.42. The fourth-order valence-electron chi connectivity index (χ4n) is 15.2. The summed E-state index contributed by atoms with van der Waals surface area (Å²) in [5.74, 6) is -16.2. The Labute approximate surface area is 760 Å². The number of aliphatic hydroxyl groups is 1. The van der Waals surface area contributed by atoms with Gasteiger partial charge in [0.05, 0.1) is 32.1 Å². The average molecular weight is 1810 g/mol. The molecule has 0 radical (unpaired) electrons. The number of carbonyl (C=O) groups is 15. The maximum absolute atomic E-state index is 15.6. The lowest BCUT2D eigenvalue weighted by atomic mass is 9.98. The van der Waals surface area contributed by atoms with Gasteiger partial charge in [-0.2, -0.15) is 11.8 Å². The minimum Gasteiger partial charge on any atom is -0.508 e. The molecule has 130 heavy (non-hydrogen) atoms. The molecule has 2 heterocycles. The number of aromatic amines is 1. The van der Waals surface area contributed by atoms with Gasteiger partial charge < -0.3 is 98.2 Å². The zero-order chi connectivity index (χ0) is 95.2. The number of amides is 14. The second kappa shape index (κ2) is 49.4. The molecule has 14 amide bonds. The number of carbonyl (C=O) groups excluding carboxylic acids is 14. The number of likely N-dealkylation sites (N-methyl/N-ethyl adjacent to an activating group) is 5. The van der Waals surface area contributed by atoms with Crippen molar-refractivity contribution in [1.82, 2.24) is 77.3 Å². The lowest BCUT2D eigenvalue weighted by Crippen LogP contribution is -2.61. The van der Waals surface area contributed by atoms with Crippen molar-refractivity contribution in [1.29, 1.82) is 0 Å². The normalized spacial score (nSPS) is 22.5. The Balaban J connectivity index is 1.22. The number of phenols is 2. The molecule has 35 nitrogen and oxygen atoms in total. The average Bonchev–Trinajstić information content (AvgIpc) is 1.48. The van der Waals surface area contributed by atoms with Crippen LogP contribution in [0.5, 0.6) is 11.5 Å². The summed E-state index contributed by atoms with van der Waals surface area (Å²) >= 11 is 0.932. The van der Waals surface area contributed by atoms with E-state index in [4.69, 9.17) is 5.73 Å². The topological polar surface area (TPSA) is 503 Å². The fraction of sp³-hybridized carbons (Fsp3) is 0.436. The van der Waals surface area contributed by atoms with E-state index in [0.29, 0.717) is 57.1 Å². The highest BCUT2D eigenvalue weighted by Crippen LogP contribution is 2.25. The first kappa shape index (κ1) is 102. The zero-order valence-corrected chi connectivity index (χ0v) is 75.9. The van der Waals surface area contributed by atoms with E-state index in [1.54, 1.807) is 137 Å². The van der Waals surface area contributed by atoms with Gasteiger partial charge in [0.1, 0.15) is 78.1 Å². The van der Waals surface area contributed by atoms with Crippen molar-refractivity contribution in [3.05, 3.63) is 203 Å². The number of carboxylic acids is 1. The van der Waals surface area contributed by atoms with Gasteiger partial charge in [0, 0.05) is 95.9 Å². The maximum atomic E-state index is 15.6. The number of thioether (sulfide) groups is 1. The summed E-state index contributed by atoms with van der Waals surface area (Å²) in [6, 6.07) is 26.2. The van der Waals surface area contributed by atoms with E-state index in [1.165, 1.54) is 93.6 Å². The number of aliphatic carboxylic acids is 1. The Kier molecular flexibility index (Phi) is 38.8. The van der Waals surface area contributed by atoms with Crippen molar-refractivity contribution in [3.63, 3.8) is 0 Å².